The number of rotatable bonds is 4. The molecule has 8 heteroatoms. The van der Waals surface area contributed by atoms with Crippen molar-refractivity contribution in [3.63, 3.8) is 0 Å². The second-order valence-corrected chi connectivity index (χ2v) is 6.54. The number of hydrazine groups is 1. The van der Waals surface area contributed by atoms with Crippen LogP contribution >= 0.6 is 34.8 Å². The van der Waals surface area contributed by atoms with Crippen LogP contribution in [0.5, 0.6) is 5.75 Å². The normalized spacial score (nSPS) is 9.84. The second kappa shape index (κ2) is 9.33. The monoisotopic (exact) mass is 469 g/mol. The van der Waals surface area contributed by atoms with E-state index in [0.29, 0.717) is 11.3 Å². The number of ether oxygens (including phenoxy) is 1. The summed E-state index contributed by atoms with van der Waals surface area (Å²) in [5, 5.41) is 2.51. The average molecular weight is 469 g/mol. The molecule has 25 heavy (non-hydrogen) atoms. The highest BCUT2D eigenvalue weighted by Crippen LogP contribution is 2.21. The molecule has 0 aliphatic heterocycles. The number of nitrogens with one attached hydrogen (secondary N) is 3. The molecule has 0 aromatic heterocycles. The van der Waals surface area contributed by atoms with Crippen molar-refractivity contribution in [2.45, 2.75) is 6.42 Å². The van der Waals surface area contributed by atoms with Gasteiger partial charge in [-0.05, 0) is 58.6 Å². The molecule has 0 spiro atoms. The molecule has 3 N–H and O–H groups in total. The summed E-state index contributed by atoms with van der Waals surface area (Å²) in [6, 6.07) is 14.3. The number of hydrogen-bond donors (Lipinski definition) is 3. The molecule has 2 rings (SSSR count). The van der Waals surface area contributed by atoms with Crippen molar-refractivity contribution in [1.29, 1.82) is 0 Å². The SMILES string of the molecule is COc1ccc(C(=O)NC(=S)NNC(=O)Cc2ccccc2)cc1I. The van der Waals surface area contributed by atoms with Crippen LogP contribution < -0.4 is 20.9 Å². The molecule has 0 saturated carbocycles. The number of carbonyl (C=O) groups excluding carboxylic acids is 2. The fraction of sp³-hybridized carbons (Fsp3) is 0.118. The summed E-state index contributed by atoms with van der Waals surface area (Å²) in [4.78, 5) is 24.0. The fourth-order valence-corrected chi connectivity index (χ4v) is 2.85. The Morgan fingerprint density at radius 2 is 1.84 bits per heavy atom. The van der Waals surface area contributed by atoms with Gasteiger partial charge in [-0.1, -0.05) is 30.3 Å². The van der Waals surface area contributed by atoms with Crippen molar-refractivity contribution in [2.75, 3.05) is 7.11 Å². The molecule has 0 aliphatic rings. The molecule has 0 aliphatic carbocycles. The lowest BCUT2D eigenvalue weighted by Crippen LogP contribution is -2.48. The van der Waals surface area contributed by atoms with Crippen molar-refractivity contribution < 1.29 is 14.3 Å². The molecule has 0 unspecified atom stereocenters. The van der Waals surface area contributed by atoms with Crippen molar-refractivity contribution in [1.82, 2.24) is 16.2 Å². The topological polar surface area (TPSA) is 79.5 Å². The van der Waals surface area contributed by atoms with Crippen molar-refractivity contribution in [2.24, 2.45) is 0 Å². The van der Waals surface area contributed by atoms with Crippen LogP contribution in [-0.2, 0) is 11.2 Å². The van der Waals surface area contributed by atoms with Gasteiger partial charge in [0.2, 0.25) is 5.91 Å². The van der Waals surface area contributed by atoms with Crippen LogP contribution in [0.1, 0.15) is 15.9 Å². The first kappa shape index (κ1) is 19.1. The molecule has 2 aromatic rings. The Labute approximate surface area is 164 Å². The molecule has 0 saturated heterocycles. The third-order valence-corrected chi connectivity index (χ3v) is 4.21. The highest BCUT2D eigenvalue weighted by molar-refractivity contribution is 14.1. The molecule has 0 radical (unpaired) electrons. The Bertz CT molecular complexity index is 784. The van der Waals surface area contributed by atoms with Gasteiger partial charge in [-0.15, -0.1) is 0 Å². The van der Waals surface area contributed by atoms with Gasteiger partial charge in [0.05, 0.1) is 17.1 Å². The predicted octanol–water partition coefficient (Wildman–Crippen LogP) is 2.18. The van der Waals surface area contributed by atoms with Gasteiger partial charge < -0.3 is 4.74 Å². The largest absolute Gasteiger partial charge is 0.496 e. The van der Waals surface area contributed by atoms with Crippen LogP contribution in [0.3, 0.4) is 0 Å². The number of carbonyl (C=O) groups is 2. The molecular formula is C17H16IN3O3S. The molecule has 2 aromatic carbocycles. The predicted molar refractivity (Wildman–Crippen MR) is 107 cm³/mol. The van der Waals surface area contributed by atoms with Crippen molar-refractivity contribution in [3.05, 3.63) is 63.2 Å². The number of benzene rings is 2. The van der Waals surface area contributed by atoms with Crippen molar-refractivity contribution >= 4 is 51.7 Å². The van der Waals surface area contributed by atoms with E-state index < -0.39 is 0 Å². The van der Waals surface area contributed by atoms with E-state index in [0.717, 1.165) is 9.13 Å². The molecular weight excluding hydrogens is 453 g/mol. The van der Waals surface area contributed by atoms with Gasteiger partial charge in [-0.3, -0.25) is 25.8 Å². The summed E-state index contributed by atoms with van der Waals surface area (Å²) < 4.78 is 5.96. The zero-order valence-corrected chi connectivity index (χ0v) is 16.3. The summed E-state index contributed by atoms with van der Waals surface area (Å²) >= 11 is 7.09. The molecule has 2 amide bonds. The van der Waals surface area contributed by atoms with Crippen LogP contribution in [0, 0.1) is 3.57 Å². The van der Waals surface area contributed by atoms with E-state index >= 15 is 0 Å². The first-order valence-electron chi connectivity index (χ1n) is 7.27. The summed E-state index contributed by atoms with van der Waals surface area (Å²) in [5.41, 5.74) is 6.28. The Morgan fingerprint density at radius 3 is 2.48 bits per heavy atom. The van der Waals surface area contributed by atoms with Gasteiger partial charge in [-0.25, -0.2) is 0 Å². The molecule has 0 bridgehead atoms. The van der Waals surface area contributed by atoms with Gasteiger partial charge in [0.1, 0.15) is 5.75 Å². The second-order valence-electron chi connectivity index (χ2n) is 4.97. The molecule has 0 heterocycles. The lowest BCUT2D eigenvalue weighted by Gasteiger charge is -2.11. The minimum absolute atomic E-state index is 0.0113. The third kappa shape index (κ3) is 5.98. The van der Waals surface area contributed by atoms with Gasteiger partial charge >= 0.3 is 0 Å². The Balaban J connectivity index is 1.82. The summed E-state index contributed by atoms with van der Waals surface area (Å²) in [5.74, 6) is 0.0446. The van der Waals surface area contributed by atoms with Crippen LogP contribution in [0.2, 0.25) is 0 Å². The third-order valence-electron chi connectivity index (χ3n) is 3.16. The van der Waals surface area contributed by atoms with E-state index in [1.807, 2.05) is 30.3 Å². The van der Waals surface area contributed by atoms with Gasteiger partial charge in [0.15, 0.2) is 5.11 Å². The minimum Gasteiger partial charge on any atom is -0.496 e. The quantitative estimate of drug-likeness (QED) is 0.364. The average Bonchev–Trinajstić information content (AvgIpc) is 2.60. The molecule has 0 atom stereocenters. The van der Waals surface area contributed by atoms with Crippen LogP contribution in [-0.4, -0.2) is 24.0 Å². The van der Waals surface area contributed by atoms with Crippen molar-refractivity contribution in [3.8, 4) is 5.75 Å². The van der Waals surface area contributed by atoms with E-state index in [1.54, 1.807) is 25.3 Å². The maximum atomic E-state index is 12.1. The molecule has 0 fully saturated rings. The number of amides is 2. The number of methoxy groups -OCH3 is 1. The molecule has 6 nitrogen and oxygen atoms in total. The first-order valence-corrected chi connectivity index (χ1v) is 8.76. The maximum Gasteiger partial charge on any atom is 0.257 e. The summed E-state index contributed by atoms with van der Waals surface area (Å²) in [6.07, 6.45) is 0.209. The first-order chi connectivity index (χ1) is 12.0. The van der Waals surface area contributed by atoms with E-state index in [1.165, 1.54) is 0 Å². The number of hydrogen-bond acceptors (Lipinski definition) is 4. The Morgan fingerprint density at radius 1 is 1.12 bits per heavy atom. The van der Waals surface area contributed by atoms with E-state index in [9.17, 15) is 9.59 Å². The molecule has 130 valence electrons. The van der Waals surface area contributed by atoms with Crippen LogP contribution in [0.4, 0.5) is 0 Å². The lowest BCUT2D eigenvalue weighted by atomic mass is 10.1. The van der Waals surface area contributed by atoms with E-state index in [2.05, 4.69) is 38.8 Å². The zero-order valence-electron chi connectivity index (χ0n) is 13.3. The van der Waals surface area contributed by atoms with E-state index in [4.69, 9.17) is 17.0 Å². The van der Waals surface area contributed by atoms with E-state index in [-0.39, 0.29) is 23.3 Å². The lowest BCUT2D eigenvalue weighted by molar-refractivity contribution is -0.121. The summed E-state index contributed by atoms with van der Waals surface area (Å²) in [6.45, 7) is 0. The Kier molecular flexibility index (Phi) is 7.14. The maximum absolute atomic E-state index is 12.1. The minimum atomic E-state index is -0.379. The van der Waals surface area contributed by atoms with Crippen LogP contribution in [0.15, 0.2) is 48.5 Å². The fourth-order valence-electron chi connectivity index (χ4n) is 1.97. The van der Waals surface area contributed by atoms with Gasteiger partial charge in [-0.2, -0.15) is 0 Å². The number of halogens is 1. The van der Waals surface area contributed by atoms with Crippen LogP contribution in [0.25, 0.3) is 0 Å². The highest BCUT2D eigenvalue weighted by atomic mass is 127. The number of thiocarbonyl (C=S) groups is 1. The summed E-state index contributed by atoms with van der Waals surface area (Å²) in [7, 11) is 1.56. The standard InChI is InChI=1S/C17H16IN3O3S/c1-24-14-8-7-12(10-13(14)18)16(23)19-17(25)21-20-15(22)9-11-5-3-2-4-6-11/h2-8,10H,9H2,1H3,(H,20,22)(H2,19,21,23,25). The smallest absolute Gasteiger partial charge is 0.257 e. The Hall–Kier alpha value is -2.20. The zero-order chi connectivity index (χ0) is 18.2. The van der Waals surface area contributed by atoms with Gasteiger partial charge in [0.25, 0.3) is 5.91 Å². The highest BCUT2D eigenvalue weighted by Gasteiger charge is 2.11. The van der Waals surface area contributed by atoms with Gasteiger partial charge in [0, 0.05) is 5.56 Å².